The summed E-state index contributed by atoms with van der Waals surface area (Å²) in [7, 11) is 2.05. The molecule has 0 saturated carbocycles. The summed E-state index contributed by atoms with van der Waals surface area (Å²) >= 11 is 2.35. The lowest BCUT2D eigenvalue weighted by Crippen LogP contribution is -2.14. The van der Waals surface area contributed by atoms with Gasteiger partial charge in [-0.3, -0.25) is 14.9 Å². The molecule has 172 valence electrons. The third-order valence-electron chi connectivity index (χ3n) is 5.34. The molecule has 0 radical (unpaired) electrons. The van der Waals surface area contributed by atoms with Crippen LogP contribution in [0.4, 0.5) is 5.69 Å². The Bertz CT molecular complexity index is 875. The molecule has 0 fully saturated rings. The fraction of sp³-hybridized carbons (Fsp3) is 0.571. The van der Waals surface area contributed by atoms with Crippen molar-refractivity contribution in [2.45, 2.75) is 75.2 Å². The van der Waals surface area contributed by atoms with Crippen LogP contribution in [0.5, 0.6) is 0 Å². The molecule has 31 heavy (non-hydrogen) atoms. The number of amides is 1. The van der Waals surface area contributed by atoms with E-state index in [1.807, 2.05) is 0 Å². The SMILES string of the molecule is CC(C)(O)c1nc(CO)c(SN)s1.CNc1c2c(nc3c1CCC3C)CCC2.NC=O. The number of carbonyl (C=O) groups is 1. The molecular formula is C21H33N5O3S2. The molecule has 2 heterocycles. The molecule has 8 nitrogen and oxygen atoms in total. The highest BCUT2D eigenvalue weighted by Gasteiger charge is 2.28. The van der Waals surface area contributed by atoms with Gasteiger partial charge in [0.2, 0.25) is 6.41 Å². The Morgan fingerprint density at radius 3 is 2.48 bits per heavy atom. The van der Waals surface area contributed by atoms with Gasteiger partial charge in [0, 0.05) is 24.1 Å². The predicted molar refractivity (Wildman–Crippen MR) is 126 cm³/mol. The topological polar surface area (TPSA) is 147 Å². The van der Waals surface area contributed by atoms with E-state index in [-0.39, 0.29) is 13.0 Å². The molecule has 7 N–H and O–H groups in total. The normalized spacial score (nSPS) is 16.4. The van der Waals surface area contributed by atoms with Crippen LogP contribution < -0.4 is 16.2 Å². The molecule has 1 amide bonds. The van der Waals surface area contributed by atoms with Gasteiger partial charge in [-0.05, 0) is 74.9 Å². The maximum atomic E-state index is 9.63. The van der Waals surface area contributed by atoms with Crippen LogP contribution in [-0.2, 0) is 36.3 Å². The number of thiazole rings is 1. The van der Waals surface area contributed by atoms with Crippen LogP contribution >= 0.6 is 23.3 Å². The summed E-state index contributed by atoms with van der Waals surface area (Å²) < 4.78 is 0.750. The summed E-state index contributed by atoms with van der Waals surface area (Å²) in [5.41, 5.74) is 10.9. The van der Waals surface area contributed by atoms with E-state index in [2.05, 4.69) is 30.0 Å². The quantitative estimate of drug-likeness (QED) is 0.340. The van der Waals surface area contributed by atoms with Gasteiger partial charge < -0.3 is 21.3 Å². The number of nitrogens with two attached hydrogens (primary N) is 2. The van der Waals surface area contributed by atoms with Crippen molar-refractivity contribution in [1.82, 2.24) is 9.97 Å². The predicted octanol–water partition coefficient (Wildman–Crippen LogP) is 2.59. The molecule has 0 aromatic carbocycles. The smallest absolute Gasteiger partial charge is 0.204 e. The van der Waals surface area contributed by atoms with Crippen LogP contribution in [0, 0.1) is 0 Å². The van der Waals surface area contributed by atoms with Crippen molar-refractivity contribution >= 4 is 35.4 Å². The Balaban J connectivity index is 0.000000198. The summed E-state index contributed by atoms with van der Waals surface area (Å²) in [5, 5.41) is 27.9. The third-order valence-corrected chi connectivity index (χ3v) is 7.54. The number of carbonyl (C=O) groups excluding carboxylic acids is 1. The molecule has 0 spiro atoms. The summed E-state index contributed by atoms with van der Waals surface area (Å²) in [4.78, 5) is 17.6. The summed E-state index contributed by atoms with van der Waals surface area (Å²) in [5.74, 6) is 0.665. The second-order valence-corrected chi connectivity index (χ2v) is 9.94. The number of hydrogen-bond donors (Lipinski definition) is 5. The highest BCUT2D eigenvalue weighted by atomic mass is 32.2. The fourth-order valence-corrected chi connectivity index (χ4v) is 5.38. The zero-order valence-electron chi connectivity index (χ0n) is 18.6. The standard InChI is InChI=1S/C13H18N2.C7H12N2O2S2.CH3NO/c1-8-6-7-10-12(8)15-11-5-3-4-9(11)13(10)14-2;1-7(2,11)6-9-4(3-10)5(12-6)13-8;2-1-3/h8H,3-7H2,1-2H3,(H,14,15);10-11H,3,8H2,1-2H3;1H,(H2,2,3). The number of rotatable bonds is 4. The highest BCUT2D eigenvalue weighted by molar-refractivity contribution is 7.99. The number of aliphatic hydroxyl groups is 2. The van der Waals surface area contributed by atoms with Gasteiger partial charge >= 0.3 is 0 Å². The Kier molecular flexibility index (Phi) is 9.26. The van der Waals surface area contributed by atoms with E-state index >= 15 is 0 Å². The number of aryl methyl sites for hydroxylation is 1. The van der Waals surface area contributed by atoms with Crippen LogP contribution in [0.15, 0.2) is 4.21 Å². The maximum Gasteiger partial charge on any atom is 0.204 e. The minimum absolute atomic E-state index is 0.147. The lowest BCUT2D eigenvalue weighted by molar-refractivity contribution is -0.106. The number of nitrogens with one attached hydrogen (secondary N) is 1. The van der Waals surface area contributed by atoms with Crippen LogP contribution in [0.25, 0.3) is 0 Å². The van der Waals surface area contributed by atoms with Gasteiger partial charge in [0.25, 0.3) is 0 Å². The van der Waals surface area contributed by atoms with E-state index in [0.717, 1.165) is 16.2 Å². The van der Waals surface area contributed by atoms with Crippen molar-refractivity contribution in [3.63, 3.8) is 0 Å². The van der Waals surface area contributed by atoms with Gasteiger partial charge in [-0.25, -0.2) is 4.98 Å². The number of hydrogen-bond acceptors (Lipinski definition) is 9. The number of aromatic nitrogens is 2. The number of nitrogens with zero attached hydrogens (tertiary/aromatic N) is 2. The van der Waals surface area contributed by atoms with E-state index in [0.29, 0.717) is 16.6 Å². The Labute approximate surface area is 192 Å². The molecule has 2 aromatic heterocycles. The summed E-state index contributed by atoms with van der Waals surface area (Å²) in [6.45, 7) is 5.46. The van der Waals surface area contributed by atoms with E-state index in [1.165, 1.54) is 71.6 Å². The molecule has 1 unspecified atom stereocenters. The van der Waals surface area contributed by atoms with Crippen molar-refractivity contribution < 1.29 is 15.0 Å². The van der Waals surface area contributed by atoms with Gasteiger partial charge in [-0.2, -0.15) is 0 Å². The maximum absolute atomic E-state index is 9.63. The van der Waals surface area contributed by atoms with Crippen molar-refractivity contribution in [2.24, 2.45) is 10.9 Å². The number of primary amides is 1. The van der Waals surface area contributed by atoms with Crippen LogP contribution in [0.3, 0.4) is 0 Å². The monoisotopic (exact) mass is 467 g/mol. The first kappa shape index (κ1) is 25.5. The first-order chi connectivity index (χ1) is 14.7. The zero-order valence-corrected chi connectivity index (χ0v) is 20.2. The van der Waals surface area contributed by atoms with Crippen LogP contribution in [0.2, 0.25) is 0 Å². The molecule has 1 atom stereocenters. The zero-order chi connectivity index (χ0) is 23.2. The third kappa shape index (κ3) is 5.95. The van der Waals surface area contributed by atoms with Gasteiger partial charge in [0.05, 0.1) is 12.3 Å². The van der Waals surface area contributed by atoms with E-state index in [9.17, 15) is 5.11 Å². The number of anilines is 1. The minimum Gasteiger partial charge on any atom is -0.390 e. The van der Waals surface area contributed by atoms with Crippen LogP contribution in [0.1, 0.15) is 72.7 Å². The Morgan fingerprint density at radius 1 is 1.29 bits per heavy atom. The average molecular weight is 468 g/mol. The minimum atomic E-state index is -0.970. The molecule has 2 aromatic rings. The van der Waals surface area contributed by atoms with Gasteiger partial charge in [-0.15, -0.1) is 11.3 Å². The molecule has 2 aliphatic rings. The summed E-state index contributed by atoms with van der Waals surface area (Å²) in [6.07, 6.45) is 6.44. The molecule has 2 aliphatic carbocycles. The lowest BCUT2D eigenvalue weighted by Gasteiger charge is -2.14. The second-order valence-electron chi connectivity index (χ2n) is 8.04. The first-order valence-corrected chi connectivity index (χ1v) is 12.0. The van der Waals surface area contributed by atoms with Gasteiger partial charge in [0.15, 0.2) is 0 Å². The highest BCUT2D eigenvalue weighted by Crippen LogP contribution is 2.40. The Hall–Kier alpha value is -1.72. The molecule has 4 rings (SSSR count). The van der Waals surface area contributed by atoms with Gasteiger partial charge in [-0.1, -0.05) is 6.92 Å². The van der Waals surface area contributed by atoms with Gasteiger partial charge in [0.1, 0.15) is 14.8 Å². The van der Waals surface area contributed by atoms with E-state index in [4.69, 9.17) is 20.0 Å². The summed E-state index contributed by atoms with van der Waals surface area (Å²) in [6, 6.07) is 0. The second kappa shape index (κ2) is 11.2. The average Bonchev–Trinajstić information content (AvgIpc) is 3.45. The molecule has 0 bridgehead atoms. The molecule has 0 saturated heterocycles. The fourth-order valence-electron chi connectivity index (χ4n) is 3.89. The lowest BCUT2D eigenvalue weighted by atomic mass is 10.0. The number of pyridine rings is 1. The Morgan fingerprint density at radius 2 is 1.97 bits per heavy atom. The molecule has 10 heteroatoms. The van der Waals surface area contributed by atoms with Crippen molar-refractivity contribution in [1.29, 1.82) is 0 Å². The molecule has 0 aliphatic heterocycles. The largest absolute Gasteiger partial charge is 0.390 e. The van der Waals surface area contributed by atoms with Crippen molar-refractivity contribution in [3.05, 3.63) is 33.2 Å². The van der Waals surface area contributed by atoms with E-state index in [1.54, 1.807) is 13.8 Å². The van der Waals surface area contributed by atoms with Crippen LogP contribution in [-0.4, -0.2) is 33.6 Å². The first-order valence-electron chi connectivity index (χ1n) is 10.3. The number of fused-ring (bicyclic) bond motifs is 2. The van der Waals surface area contributed by atoms with Crippen molar-refractivity contribution in [3.8, 4) is 0 Å². The van der Waals surface area contributed by atoms with E-state index < -0.39 is 5.60 Å². The van der Waals surface area contributed by atoms with Crippen molar-refractivity contribution in [2.75, 3.05) is 12.4 Å². The number of aliphatic hydroxyl groups excluding tert-OH is 1. The molecular weight excluding hydrogens is 434 g/mol.